The van der Waals surface area contributed by atoms with E-state index in [1.165, 1.54) is 10.9 Å². The zero-order valence-corrected chi connectivity index (χ0v) is 7.97. The van der Waals surface area contributed by atoms with Gasteiger partial charge in [0, 0.05) is 0 Å². The molecule has 1 aromatic carbocycles. The van der Waals surface area contributed by atoms with E-state index in [0.717, 1.165) is 6.42 Å². The Morgan fingerprint density at radius 1 is 1.30 bits per heavy atom. The first kappa shape index (κ1) is 9.94. The molecule has 0 fully saturated rings. The maximum absolute atomic E-state index is 2.73. The average Bonchev–Trinajstić information content (AvgIpc) is 1.89. The number of halogens is 1. The minimum absolute atomic E-state index is 0. The summed E-state index contributed by atoms with van der Waals surface area (Å²) >= 11 is 0. The second-order valence-corrected chi connectivity index (χ2v) is 2.67. The first-order valence-corrected chi connectivity index (χ1v) is 3.75. The fourth-order valence-electron chi connectivity index (χ4n) is 0.856. The van der Waals surface area contributed by atoms with E-state index in [-0.39, 0.29) is 12.4 Å². The van der Waals surface area contributed by atoms with Crippen molar-refractivity contribution in [2.24, 2.45) is 0 Å². The first-order valence-electron chi connectivity index (χ1n) is 3.18. The SMILES string of the molecule is CCc1ccccc1P.Cl. The number of benzene rings is 1. The van der Waals surface area contributed by atoms with Gasteiger partial charge >= 0.3 is 0 Å². The third kappa shape index (κ3) is 2.28. The summed E-state index contributed by atoms with van der Waals surface area (Å²) in [4.78, 5) is 0. The van der Waals surface area contributed by atoms with Gasteiger partial charge in [-0.1, -0.05) is 31.2 Å². The van der Waals surface area contributed by atoms with E-state index in [4.69, 9.17) is 0 Å². The van der Waals surface area contributed by atoms with Gasteiger partial charge in [0.1, 0.15) is 0 Å². The Morgan fingerprint density at radius 2 is 1.90 bits per heavy atom. The van der Waals surface area contributed by atoms with Gasteiger partial charge < -0.3 is 0 Å². The van der Waals surface area contributed by atoms with Gasteiger partial charge in [-0.15, -0.1) is 21.6 Å². The van der Waals surface area contributed by atoms with Gasteiger partial charge in [0.25, 0.3) is 0 Å². The molecule has 0 aliphatic heterocycles. The molecule has 0 saturated carbocycles. The largest absolute Gasteiger partial charge is 0.147 e. The molecule has 10 heavy (non-hydrogen) atoms. The van der Waals surface area contributed by atoms with Crippen molar-refractivity contribution < 1.29 is 0 Å². The lowest BCUT2D eigenvalue weighted by atomic mass is 10.2. The topological polar surface area (TPSA) is 0 Å². The van der Waals surface area contributed by atoms with Gasteiger partial charge in [-0.2, -0.15) is 0 Å². The summed E-state index contributed by atoms with van der Waals surface area (Å²) in [6.45, 7) is 2.17. The van der Waals surface area contributed by atoms with Crippen molar-refractivity contribution in [2.45, 2.75) is 13.3 Å². The molecule has 0 amide bonds. The van der Waals surface area contributed by atoms with Crippen LogP contribution in [0.25, 0.3) is 0 Å². The monoisotopic (exact) mass is 174 g/mol. The number of hydrogen-bond donors (Lipinski definition) is 0. The van der Waals surface area contributed by atoms with Crippen LogP contribution in [-0.2, 0) is 6.42 Å². The Kier molecular flexibility index (Phi) is 4.68. The highest BCUT2D eigenvalue weighted by molar-refractivity contribution is 7.27. The van der Waals surface area contributed by atoms with Gasteiger partial charge in [-0.3, -0.25) is 0 Å². The van der Waals surface area contributed by atoms with Crippen LogP contribution in [0.2, 0.25) is 0 Å². The van der Waals surface area contributed by atoms with Gasteiger partial charge in [0.15, 0.2) is 0 Å². The van der Waals surface area contributed by atoms with Crippen LogP contribution < -0.4 is 5.30 Å². The Hall–Kier alpha value is -0.0600. The molecule has 0 aromatic heterocycles. The van der Waals surface area contributed by atoms with E-state index >= 15 is 0 Å². The Labute approximate surface area is 70.6 Å². The average molecular weight is 175 g/mol. The lowest BCUT2D eigenvalue weighted by Crippen LogP contribution is -1.97. The smallest absolute Gasteiger partial charge is 0.0271 e. The Morgan fingerprint density at radius 3 is 2.30 bits per heavy atom. The molecule has 0 spiro atoms. The van der Waals surface area contributed by atoms with E-state index in [2.05, 4.69) is 40.4 Å². The summed E-state index contributed by atoms with van der Waals surface area (Å²) in [5.74, 6) is 0. The molecular formula is C8H12ClP. The summed E-state index contributed by atoms with van der Waals surface area (Å²) in [6, 6.07) is 8.40. The fourth-order valence-corrected chi connectivity index (χ4v) is 1.27. The van der Waals surface area contributed by atoms with E-state index in [9.17, 15) is 0 Å². The minimum Gasteiger partial charge on any atom is -0.147 e. The van der Waals surface area contributed by atoms with Crippen LogP contribution in [0.3, 0.4) is 0 Å². The molecule has 1 aromatic rings. The quantitative estimate of drug-likeness (QED) is 0.573. The Bertz CT molecular complexity index is 198. The van der Waals surface area contributed by atoms with E-state index in [0.29, 0.717) is 0 Å². The molecule has 1 atom stereocenters. The molecule has 0 aliphatic rings. The zero-order valence-electron chi connectivity index (χ0n) is 6.00. The molecule has 0 aliphatic carbocycles. The minimum atomic E-state index is 0. The summed E-state index contributed by atoms with van der Waals surface area (Å²) in [5, 5.41) is 1.32. The van der Waals surface area contributed by atoms with Crippen LogP contribution >= 0.6 is 21.6 Å². The second kappa shape index (κ2) is 4.71. The van der Waals surface area contributed by atoms with Crippen LogP contribution in [0.15, 0.2) is 24.3 Å². The van der Waals surface area contributed by atoms with Crippen molar-refractivity contribution in [1.29, 1.82) is 0 Å². The van der Waals surface area contributed by atoms with Crippen LogP contribution in [0.1, 0.15) is 12.5 Å². The summed E-state index contributed by atoms with van der Waals surface area (Å²) in [6.07, 6.45) is 1.12. The highest BCUT2D eigenvalue weighted by atomic mass is 35.5. The number of hydrogen-bond acceptors (Lipinski definition) is 0. The molecule has 0 N–H and O–H groups in total. The molecule has 56 valence electrons. The third-order valence-corrected chi connectivity index (χ3v) is 2.00. The third-order valence-electron chi connectivity index (χ3n) is 1.44. The Balaban J connectivity index is 0.000000810. The molecule has 0 nitrogen and oxygen atoms in total. The standard InChI is InChI=1S/C8H11P.ClH/c1-2-7-5-3-4-6-8(7)9;/h3-6H,2,9H2,1H3;1H. The predicted octanol–water partition coefficient (Wildman–Crippen LogP) is 2.17. The van der Waals surface area contributed by atoms with Crippen LogP contribution in [0.4, 0.5) is 0 Å². The molecule has 1 unspecified atom stereocenters. The van der Waals surface area contributed by atoms with Gasteiger partial charge in [-0.05, 0) is 17.3 Å². The maximum atomic E-state index is 2.73. The van der Waals surface area contributed by atoms with Crippen molar-refractivity contribution in [3.8, 4) is 0 Å². The van der Waals surface area contributed by atoms with Crippen LogP contribution in [-0.4, -0.2) is 0 Å². The van der Waals surface area contributed by atoms with Crippen molar-refractivity contribution in [3.05, 3.63) is 29.8 Å². The van der Waals surface area contributed by atoms with Crippen molar-refractivity contribution >= 4 is 27.0 Å². The lowest BCUT2D eigenvalue weighted by molar-refractivity contribution is 1.16. The van der Waals surface area contributed by atoms with Gasteiger partial charge in [0.2, 0.25) is 0 Å². The highest BCUT2D eigenvalue weighted by Gasteiger charge is 1.89. The van der Waals surface area contributed by atoms with Gasteiger partial charge in [-0.25, -0.2) is 0 Å². The molecule has 0 heterocycles. The molecule has 0 radical (unpaired) electrons. The second-order valence-electron chi connectivity index (χ2n) is 2.05. The maximum Gasteiger partial charge on any atom is -0.0271 e. The number of rotatable bonds is 1. The normalized spacial score (nSPS) is 8.60. The predicted molar refractivity (Wildman–Crippen MR) is 52.4 cm³/mol. The van der Waals surface area contributed by atoms with Crippen LogP contribution in [0, 0.1) is 0 Å². The van der Waals surface area contributed by atoms with Crippen molar-refractivity contribution in [2.75, 3.05) is 0 Å². The van der Waals surface area contributed by atoms with E-state index in [1.807, 2.05) is 0 Å². The van der Waals surface area contributed by atoms with Gasteiger partial charge in [0.05, 0.1) is 0 Å². The molecular weight excluding hydrogens is 163 g/mol. The molecule has 1 rings (SSSR count). The number of aryl methyl sites for hydroxylation is 1. The first-order chi connectivity index (χ1) is 4.34. The summed E-state index contributed by atoms with van der Waals surface area (Å²) in [7, 11) is 2.73. The summed E-state index contributed by atoms with van der Waals surface area (Å²) < 4.78 is 0. The fraction of sp³-hybridized carbons (Fsp3) is 0.250. The van der Waals surface area contributed by atoms with E-state index < -0.39 is 0 Å². The zero-order chi connectivity index (χ0) is 6.69. The van der Waals surface area contributed by atoms with E-state index in [1.54, 1.807) is 0 Å². The van der Waals surface area contributed by atoms with Crippen molar-refractivity contribution in [3.63, 3.8) is 0 Å². The highest BCUT2D eigenvalue weighted by Crippen LogP contribution is 1.99. The molecule has 0 bridgehead atoms. The summed E-state index contributed by atoms with van der Waals surface area (Å²) in [5.41, 5.74) is 1.42. The van der Waals surface area contributed by atoms with Crippen LogP contribution in [0.5, 0.6) is 0 Å². The van der Waals surface area contributed by atoms with Crippen molar-refractivity contribution in [1.82, 2.24) is 0 Å². The molecule has 0 saturated heterocycles. The molecule has 2 heteroatoms. The lowest BCUT2D eigenvalue weighted by Gasteiger charge is -1.98.